The molecular weight excluding hydrogens is 390 g/mol. The third-order valence-corrected chi connectivity index (χ3v) is 6.70. The molecule has 0 spiro atoms. The summed E-state index contributed by atoms with van der Waals surface area (Å²) in [6.45, 7) is 0.0714. The first kappa shape index (κ1) is 20.4. The number of hydrogen-bond acceptors (Lipinski definition) is 5. The van der Waals surface area contributed by atoms with Crippen LogP contribution in [0.1, 0.15) is 18.4 Å². The Morgan fingerprint density at radius 3 is 2.29 bits per heavy atom. The van der Waals surface area contributed by atoms with Crippen molar-refractivity contribution < 1.29 is 27.2 Å². The van der Waals surface area contributed by atoms with E-state index in [0.29, 0.717) is 5.56 Å². The molecule has 3 N–H and O–H groups in total. The topological polar surface area (TPSA) is 95.5 Å². The van der Waals surface area contributed by atoms with E-state index in [1.54, 1.807) is 17.6 Å². The predicted octanol–water partition coefficient (Wildman–Crippen LogP) is 2.17. The lowest BCUT2D eigenvalue weighted by Crippen LogP contribution is -2.59. The van der Waals surface area contributed by atoms with Crippen molar-refractivity contribution in [3.05, 3.63) is 59.7 Å². The van der Waals surface area contributed by atoms with E-state index in [1.165, 1.54) is 30.3 Å². The van der Waals surface area contributed by atoms with Crippen molar-refractivity contribution in [3.8, 4) is 11.1 Å². The molecule has 1 heterocycles. The van der Waals surface area contributed by atoms with E-state index in [2.05, 4.69) is 5.32 Å². The highest BCUT2D eigenvalue weighted by Gasteiger charge is 2.43. The lowest BCUT2D eigenvalue weighted by atomic mass is 9.91. The number of hydroxylamine groups is 1. The molecular formula is C19H20F2N2O4S. The summed E-state index contributed by atoms with van der Waals surface area (Å²) >= 11 is 0. The van der Waals surface area contributed by atoms with Gasteiger partial charge in [0.1, 0.15) is 27.0 Å². The van der Waals surface area contributed by atoms with Crippen molar-refractivity contribution in [1.82, 2.24) is 10.8 Å². The average molecular weight is 410 g/mol. The molecule has 0 saturated carbocycles. The first-order chi connectivity index (χ1) is 13.3. The number of benzene rings is 2. The summed E-state index contributed by atoms with van der Waals surface area (Å²) in [6, 6.07) is 10.1. The van der Waals surface area contributed by atoms with Gasteiger partial charge in [-0.25, -0.2) is 22.7 Å². The summed E-state index contributed by atoms with van der Waals surface area (Å²) in [5.74, 6) is -2.25. The molecule has 0 aromatic heterocycles. The number of halogens is 2. The van der Waals surface area contributed by atoms with Crippen molar-refractivity contribution in [1.29, 1.82) is 0 Å². The zero-order valence-electron chi connectivity index (χ0n) is 14.9. The van der Waals surface area contributed by atoms with Gasteiger partial charge in [-0.05, 0) is 30.5 Å². The minimum atomic E-state index is -3.22. The van der Waals surface area contributed by atoms with Gasteiger partial charge >= 0.3 is 0 Å². The van der Waals surface area contributed by atoms with Crippen LogP contribution in [0.5, 0.6) is 0 Å². The van der Waals surface area contributed by atoms with Crippen LogP contribution in [0.3, 0.4) is 0 Å². The quantitative estimate of drug-likeness (QED) is 0.519. The molecule has 0 aliphatic carbocycles. The molecule has 6 nitrogen and oxygen atoms in total. The fourth-order valence-corrected chi connectivity index (χ4v) is 4.84. The summed E-state index contributed by atoms with van der Waals surface area (Å²) in [7, 11) is -3.22. The predicted molar refractivity (Wildman–Crippen MR) is 99.2 cm³/mol. The summed E-state index contributed by atoms with van der Waals surface area (Å²) in [4.78, 5) is 12.1. The van der Waals surface area contributed by atoms with E-state index >= 15 is 0 Å². The Balaban J connectivity index is 1.79. The molecule has 0 unspecified atom stereocenters. The largest absolute Gasteiger partial charge is 0.299 e. The van der Waals surface area contributed by atoms with Gasteiger partial charge in [0.05, 0.1) is 11.5 Å². The molecule has 1 aliphatic rings. The van der Waals surface area contributed by atoms with E-state index in [-0.39, 0.29) is 42.0 Å². The van der Waals surface area contributed by atoms with E-state index in [9.17, 15) is 22.0 Å². The third-order valence-electron chi connectivity index (χ3n) is 5.04. The Bertz CT molecular complexity index is 981. The number of hydrogen-bond donors (Lipinski definition) is 3. The number of amides is 1. The summed E-state index contributed by atoms with van der Waals surface area (Å²) in [6.07, 6.45) is -0.00492. The van der Waals surface area contributed by atoms with Crippen molar-refractivity contribution in [2.24, 2.45) is 0 Å². The van der Waals surface area contributed by atoms with Gasteiger partial charge in [-0.15, -0.1) is 0 Å². The van der Waals surface area contributed by atoms with E-state index < -0.39 is 32.9 Å². The molecule has 2 aromatic carbocycles. The minimum Gasteiger partial charge on any atom is -0.299 e. The van der Waals surface area contributed by atoms with Crippen LogP contribution >= 0.6 is 0 Å². The van der Waals surface area contributed by atoms with Crippen LogP contribution in [0.4, 0.5) is 8.78 Å². The van der Waals surface area contributed by atoms with Gasteiger partial charge in [0, 0.05) is 17.7 Å². The molecule has 9 heteroatoms. The normalized spacial score (nSPS) is 17.8. The van der Waals surface area contributed by atoms with Crippen molar-refractivity contribution in [2.45, 2.75) is 24.9 Å². The molecule has 1 amide bonds. The first-order valence-corrected chi connectivity index (χ1v) is 10.5. The SMILES string of the molecule is O=C(NO)C1(NCc2ccc(-c3ccccc3F)c(F)c2)CCS(=O)(=O)CC1. The molecule has 3 rings (SSSR count). The highest BCUT2D eigenvalue weighted by atomic mass is 32.2. The Labute approximate surface area is 161 Å². The lowest BCUT2D eigenvalue weighted by molar-refractivity contribution is -0.136. The van der Waals surface area contributed by atoms with Crippen LogP contribution in [0.15, 0.2) is 42.5 Å². The lowest BCUT2D eigenvalue weighted by Gasteiger charge is -2.35. The standard InChI is InChI=1S/C19H20F2N2O4S/c20-16-4-2-1-3-14(16)15-6-5-13(11-17(15)21)12-22-19(18(24)23-25)7-9-28(26,27)10-8-19/h1-6,11,22,25H,7-10,12H2,(H,23,24). The van der Waals surface area contributed by atoms with Crippen LogP contribution in [-0.2, 0) is 21.2 Å². The van der Waals surface area contributed by atoms with Crippen molar-refractivity contribution >= 4 is 15.7 Å². The highest BCUT2D eigenvalue weighted by molar-refractivity contribution is 7.91. The summed E-state index contributed by atoms with van der Waals surface area (Å²) in [5.41, 5.74) is 1.07. The zero-order valence-corrected chi connectivity index (χ0v) is 15.7. The Hall–Kier alpha value is -2.36. The Kier molecular flexibility index (Phi) is 5.78. The highest BCUT2D eigenvalue weighted by Crippen LogP contribution is 2.28. The van der Waals surface area contributed by atoms with Crippen LogP contribution in [0, 0.1) is 11.6 Å². The molecule has 0 atom stereocenters. The van der Waals surface area contributed by atoms with Gasteiger partial charge in [0.25, 0.3) is 5.91 Å². The molecule has 0 radical (unpaired) electrons. The van der Waals surface area contributed by atoms with Crippen LogP contribution < -0.4 is 10.8 Å². The molecule has 150 valence electrons. The van der Waals surface area contributed by atoms with E-state index in [1.807, 2.05) is 0 Å². The van der Waals surface area contributed by atoms with Crippen molar-refractivity contribution in [3.63, 3.8) is 0 Å². The number of sulfone groups is 1. The van der Waals surface area contributed by atoms with E-state index in [4.69, 9.17) is 5.21 Å². The Morgan fingerprint density at radius 1 is 1.04 bits per heavy atom. The maximum absolute atomic E-state index is 14.5. The number of nitrogens with one attached hydrogen (secondary N) is 2. The second-order valence-electron chi connectivity index (χ2n) is 6.82. The van der Waals surface area contributed by atoms with Crippen molar-refractivity contribution in [2.75, 3.05) is 11.5 Å². The van der Waals surface area contributed by atoms with Crippen LogP contribution in [-0.4, -0.2) is 36.6 Å². The maximum Gasteiger partial charge on any atom is 0.263 e. The van der Waals surface area contributed by atoms with E-state index in [0.717, 1.165) is 0 Å². The second kappa shape index (κ2) is 7.94. The summed E-state index contributed by atoms with van der Waals surface area (Å²) < 4.78 is 51.7. The minimum absolute atomic E-state index is 0.00246. The molecule has 1 aliphatic heterocycles. The second-order valence-corrected chi connectivity index (χ2v) is 9.13. The fraction of sp³-hybridized carbons (Fsp3) is 0.316. The number of rotatable bonds is 5. The number of carbonyl (C=O) groups excluding carboxylic acids is 1. The van der Waals surface area contributed by atoms with Crippen LogP contribution in [0.25, 0.3) is 11.1 Å². The average Bonchev–Trinajstić information content (AvgIpc) is 2.68. The third kappa shape index (κ3) is 4.21. The molecule has 28 heavy (non-hydrogen) atoms. The fourth-order valence-electron chi connectivity index (χ4n) is 3.32. The van der Waals surface area contributed by atoms with Gasteiger partial charge in [-0.2, -0.15) is 0 Å². The monoisotopic (exact) mass is 410 g/mol. The first-order valence-electron chi connectivity index (χ1n) is 8.70. The van der Waals surface area contributed by atoms with Gasteiger partial charge < -0.3 is 0 Å². The van der Waals surface area contributed by atoms with Gasteiger partial charge in [0.2, 0.25) is 0 Å². The van der Waals surface area contributed by atoms with Gasteiger partial charge in [-0.3, -0.25) is 15.3 Å². The van der Waals surface area contributed by atoms with Gasteiger partial charge in [-0.1, -0.05) is 30.3 Å². The maximum atomic E-state index is 14.5. The molecule has 2 aromatic rings. The summed E-state index contributed by atoms with van der Waals surface area (Å²) in [5, 5.41) is 12.0. The molecule has 0 bridgehead atoms. The Morgan fingerprint density at radius 2 is 1.68 bits per heavy atom. The number of carbonyl (C=O) groups is 1. The molecule has 1 saturated heterocycles. The smallest absolute Gasteiger partial charge is 0.263 e. The van der Waals surface area contributed by atoms with Crippen LogP contribution in [0.2, 0.25) is 0 Å². The van der Waals surface area contributed by atoms with Gasteiger partial charge in [0.15, 0.2) is 0 Å². The molecule has 1 fully saturated rings. The zero-order chi connectivity index (χ0) is 20.4.